The van der Waals surface area contributed by atoms with Crippen molar-refractivity contribution >= 4 is 11.4 Å². The molecule has 4 saturated carbocycles. The molecule has 0 heterocycles. The first kappa shape index (κ1) is 59.9. The van der Waals surface area contributed by atoms with Gasteiger partial charge in [0.2, 0.25) is 0 Å². The normalized spacial score (nSPS) is 16.5. The molecular weight excluding hydrogens is 774 g/mol. The van der Waals surface area contributed by atoms with Gasteiger partial charge in [0, 0.05) is 44.0 Å². The Morgan fingerprint density at radius 3 is 1.15 bits per heavy atom. The van der Waals surface area contributed by atoms with Crippen LogP contribution in [0.25, 0.3) is 0 Å². The van der Waals surface area contributed by atoms with Crippen LogP contribution in [-0.2, 0) is 34.1 Å². The molecular formula is C45H77Fe2N3O5. The minimum absolute atomic E-state index is 0. The minimum atomic E-state index is -0.349. The van der Waals surface area contributed by atoms with Gasteiger partial charge in [-0.15, -0.1) is 0 Å². The Labute approximate surface area is 359 Å². The molecule has 0 saturated heterocycles. The van der Waals surface area contributed by atoms with E-state index >= 15 is 0 Å². The first-order chi connectivity index (χ1) is 23.4. The van der Waals surface area contributed by atoms with Crippen molar-refractivity contribution in [2.24, 2.45) is 11.8 Å². The summed E-state index contributed by atoms with van der Waals surface area (Å²) < 4.78 is 0. The van der Waals surface area contributed by atoms with Gasteiger partial charge in [0.15, 0.2) is 0 Å². The maximum Gasteiger partial charge on any atom is 2.00 e. The van der Waals surface area contributed by atoms with E-state index in [0.717, 1.165) is 18.3 Å². The molecule has 0 bridgehead atoms. The summed E-state index contributed by atoms with van der Waals surface area (Å²) in [4.78, 5) is 23.0. The number of nitro benzene ring substituents is 2. The van der Waals surface area contributed by atoms with E-state index in [9.17, 15) is 20.2 Å². The van der Waals surface area contributed by atoms with Crippen LogP contribution in [0.15, 0.2) is 48.5 Å². The van der Waals surface area contributed by atoms with Gasteiger partial charge in [-0.25, -0.2) is 0 Å². The molecule has 4 aliphatic carbocycles. The van der Waals surface area contributed by atoms with Crippen molar-refractivity contribution in [3.8, 4) is 0 Å². The SMILES string of the molecule is C.O=[N+]([O-])c1ccc(C2CCCC2)cc1.O=[N+]([O-])c1ccc(C2CCCC2)cc1.OCCCCCCN(CC1CCCC1)CC1CCCC1.[CH3-].[CH3-].[CH3-].[CH3-].[Fe+2].[Fe+2]. The average molecular weight is 852 g/mol. The van der Waals surface area contributed by atoms with Crippen LogP contribution in [0.1, 0.15) is 159 Å². The number of non-ortho nitro benzene ring substituents is 2. The predicted molar refractivity (Wildman–Crippen MR) is 227 cm³/mol. The van der Waals surface area contributed by atoms with E-state index in [0.29, 0.717) is 18.4 Å². The summed E-state index contributed by atoms with van der Waals surface area (Å²) in [5.74, 6) is 3.26. The fraction of sp³-hybridized carbons (Fsp3) is 0.644. The monoisotopic (exact) mass is 851 g/mol. The fourth-order valence-electron chi connectivity index (χ4n) is 8.43. The molecule has 0 aliphatic heterocycles. The third-order valence-electron chi connectivity index (χ3n) is 11.2. The third kappa shape index (κ3) is 22.1. The molecule has 4 aliphatic rings. The van der Waals surface area contributed by atoms with Crippen LogP contribution in [0.3, 0.4) is 0 Å². The number of unbranched alkanes of at least 4 members (excludes halogenated alkanes) is 3. The van der Waals surface area contributed by atoms with Gasteiger partial charge < -0.3 is 39.7 Å². The zero-order valence-corrected chi connectivity index (χ0v) is 36.2. The second-order valence-electron chi connectivity index (χ2n) is 14.9. The molecule has 318 valence electrons. The zero-order chi connectivity index (χ0) is 34.0. The summed E-state index contributed by atoms with van der Waals surface area (Å²) in [5, 5.41) is 29.7. The van der Waals surface area contributed by atoms with Crippen LogP contribution in [0.4, 0.5) is 11.4 Å². The summed E-state index contributed by atoms with van der Waals surface area (Å²) in [5.41, 5.74) is 2.89. The van der Waals surface area contributed by atoms with Crippen LogP contribution in [-0.4, -0.2) is 46.1 Å². The van der Waals surface area contributed by atoms with E-state index < -0.39 is 0 Å². The van der Waals surface area contributed by atoms with Gasteiger partial charge in [0.1, 0.15) is 0 Å². The summed E-state index contributed by atoms with van der Waals surface area (Å²) >= 11 is 0. The molecule has 2 aromatic rings. The summed E-state index contributed by atoms with van der Waals surface area (Å²) in [7, 11) is 0. The van der Waals surface area contributed by atoms with E-state index in [2.05, 4.69) is 4.90 Å². The van der Waals surface area contributed by atoms with Crippen molar-refractivity contribution in [1.82, 2.24) is 4.90 Å². The van der Waals surface area contributed by atoms with Gasteiger partial charge >= 0.3 is 34.1 Å². The van der Waals surface area contributed by atoms with Gasteiger partial charge in [-0.05, 0) is 106 Å². The van der Waals surface area contributed by atoms with Crippen molar-refractivity contribution in [1.29, 1.82) is 0 Å². The molecule has 10 heteroatoms. The average Bonchev–Trinajstić information content (AvgIpc) is 3.94. The topological polar surface area (TPSA) is 110 Å². The predicted octanol–water partition coefficient (Wildman–Crippen LogP) is 13.2. The Balaban J connectivity index is -0.000000340. The number of aliphatic hydroxyl groups excluding tert-OH is 1. The molecule has 6 rings (SSSR count). The van der Waals surface area contributed by atoms with Gasteiger partial charge in [-0.1, -0.05) is 95.9 Å². The third-order valence-corrected chi connectivity index (χ3v) is 11.2. The molecule has 1 N–H and O–H groups in total. The van der Waals surface area contributed by atoms with Crippen LogP contribution in [0, 0.1) is 61.8 Å². The summed E-state index contributed by atoms with van der Waals surface area (Å²) in [6.07, 6.45) is 26.7. The van der Waals surface area contributed by atoms with Crippen LogP contribution in [0.5, 0.6) is 0 Å². The number of hydrogen-bond acceptors (Lipinski definition) is 6. The first-order valence-corrected chi connectivity index (χ1v) is 19.2. The number of rotatable bonds is 14. The summed E-state index contributed by atoms with van der Waals surface area (Å²) in [6, 6.07) is 14.0. The number of aliphatic hydroxyl groups is 1. The molecule has 8 nitrogen and oxygen atoms in total. The Hall–Kier alpha value is -1.80. The molecule has 0 amide bonds. The molecule has 0 aromatic heterocycles. The molecule has 0 unspecified atom stereocenters. The molecule has 0 atom stereocenters. The number of hydrogen-bond donors (Lipinski definition) is 1. The van der Waals surface area contributed by atoms with Crippen LogP contribution in [0.2, 0.25) is 0 Å². The van der Waals surface area contributed by atoms with Crippen molar-refractivity contribution in [2.75, 3.05) is 26.2 Å². The maximum atomic E-state index is 10.4. The van der Waals surface area contributed by atoms with Crippen LogP contribution >= 0.6 is 0 Å². The standard InChI is InChI=1S/C18H35NO.2C11H13NO2.CH4.4CH3.2Fe/c20-14-8-2-1-7-13-19(15-17-9-3-4-10-17)16-18-11-5-6-12-18;2*13-12(14)11-7-5-10(6-8-11)9-3-1-2-4-9;;;;;;;/h17-18,20H,1-16H2;2*5-9H,1-4H2;1H4;4*1H3;;/q;;;;4*-1;2*+2. The molecule has 0 spiro atoms. The first-order valence-electron chi connectivity index (χ1n) is 19.2. The second kappa shape index (κ2) is 34.3. The number of nitrogens with zero attached hydrogens (tertiary/aromatic N) is 3. The second-order valence-corrected chi connectivity index (χ2v) is 14.9. The van der Waals surface area contributed by atoms with Crippen molar-refractivity contribution in [3.63, 3.8) is 0 Å². The van der Waals surface area contributed by atoms with Gasteiger partial charge in [0.25, 0.3) is 11.4 Å². The van der Waals surface area contributed by atoms with Gasteiger partial charge in [-0.3, -0.25) is 20.2 Å². The Morgan fingerprint density at radius 1 is 0.527 bits per heavy atom. The van der Waals surface area contributed by atoms with Crippen LogP contribution < -0.4 is 0 Å². The van der Waals surface area contributed by atoms with Gasteiger partial charge in [0.05, 0.1) is 9.85 Å². The Kier molecular flexibility index (Phi) is 37.3. The minimum Gasteiger partial charge on any atom is -0.396 e. The summed E-state index contributed by atoms with van der Waals surface area (Å²) in [6.45, 7) is 4.42. The largest absolute Gasteiger partial charge is 2.00 e. The van der Waals surface area contributed by atoms with E-state index in [1.807, 2.05) is 24.3 Å². The molecule has 2 aromatic carbocycles. The van der Waals surface area contributed by atoms with Crippen molar-refractivity contribution in [3.05, 3.63) is 110 Å². The van der Waals surface area contributed by atoms with Gasteiger partial charge in [-0.2, -0.15) is 0 Å². The maximum absolute atomic E-state index is 10.4. The smallest absolute Gasteiger partial charge is 0.396 e. The van der Waals surface area contributed by atoms with Crippen molar-refractivity contribution in [2.45, 2.75) is 148 Å². The van der Waals surface area contributed by atoms with E-state index in [1.54, 1.807) is 24.3 Å². The number of benzene rings is 2. The Morgan fingerprint density at radius 2 is 0.836 bits per heavy atom. The Bertz CT molecular complexity index is 1110. The zero-order valence-electron chi connectivity index (χ0n) is 34.0. The van der Waals surface area contributed by atoms with E-state index in [4.69, 9.17) is 5.11 Å². The quantitative estimate of drug-likeness (QED) is 0.0666. The molecule has 0 radical (unpaired) electrons. The fourth-order valence-corrected chi connectivity index (χ4v) is 8.43. The van der Waals surface area contributed by atoms with E-state index in [-0.39, 0.29) is 92.5 Å². The van der Waals surface area contributed by atoms with E-state index in [1.165, 1.54) is 153 Å². The molecule has 4 fully saturated rings. The molecule has 55 heavy (non-hydrogen) atoms. The van der Waals surface area contributed by atoms with Crippen molar-refractivity contribution < 1.29 is 49.1 Å². The number of nitro groups is 2.